The van der Waals surface area contributed by atoms with Crippen LogP contribution in [-0.2, 0) is 9.53 Å². The molecule has 0 radical (unpaired) electrons. The molecule has 2 atom stereocenters. The highest BCUT2D eigenvalue weighted by Gasteiger charge is 2.37. The van der Waals surface area contributed by atoms with Gasteiger partial charge in [-0.3, -0.25) is 0 Å². The van der Waals surface area contributed by atoms with E-state index in [2.05, 4.69) is 13.5 Å². The lowest BCUT2D eigenvalue weighted by molar-refractivity contribution is -0.231. The SMILES string of the molecule is C=C(C)C(=O)OC(O)(CC)C(CC)CCCCC. The minimum absolute atomic E-state index is 0.00245. The van der Waals surface area contributed by atoms with Crippen molar-refractivity contribution in [3.63, 3.8) is 0 Å². The molecule has 0 aliphatic carbocycles. The average molecular weight is 256 g/mol. The van der Waals surface area contributed by atoms with E-state index in [4.69, 9.17) is 4.74 Å². The lowest BCUT2D eigenvalue weighted by atomic mass is 9.88. The number of aliphatic hydroxyl groups is 1. The van der Waals surface area contributed by atoms with Crippen LogP contribution in [-0.4, -0.2) is 16.9 Å². The highest BCUT2D eigenvalue weighted by molar-refractivity contribution is 5.87. The maximum absolute atomic E-state index is 11.6. The van der Waals surface area contributed by atoms with Crippen molar-refractivity contribution in [1.29, 1.82) is 0 Å². The Morgan fingerprint density at radius 2 is 1.94 bits per heavy atom. The first kappa shape index (κ1) is 17.2. The molecule has 0 aromatic carbocycles. The fourth-order valence-corrected chi connectivity index (χ4v) is 2.08. The summed E-state index contributed by atoms with van der Waals surface area (Å²) >= 11 is 0. The van der Waals surface area contributed by atoms with E-state index in [-0.39, 0.29) is 5.92 Å². The smallest absolute Gasteiger partial charge is 0.335 e. The van der Waals surface area contributed by atoms with Crippen LogP contribution < -0.4 is 0 Å². The molecule has 0 amide bonds. The number of ether oxygens (including phenoxy) is 1. The summed E-state index contributed by atoms with van der Waals surface area (Å²) in [5.41, 5.74) is 0.324. The second kappa shape index (κ2) is 8.30. The van der Waals surface area contributed by atoms with Crippen molar-refractivity contribution < 1.29 is 14.6 Å². The molecule has 1 N–H and O–H groups in total. The Bertz CT molecular complexity index is 273. The monoisotopic (exact) mass is 256 g/mol. The van der Waals surface area contributed by atoms with Crippen molar-refractivity contribution in [2.24, 2.45) is 5.92 Å². The quantitative estimate of drug-likeness (QED) is 0.295. The van der Waals surface area contributed by atoms with E-state index in [0.717, 1.165) is 32.1 Å². The molecule has 106 valence electrons. The third-order valence-corrected chi connectivity index (χ3v) is 3.41. The summed E-state index contributed by atoms with van der Waals surface area (Å²) in [6, 6.07) is 0. The Kier molecular flexibility index (Phi) is 7.92. The van der Waals surface area contributed by atoms with Gasteiger partial charge >= 0.3 is 5.97 Å². The molecule has 0 bridgehead atoms. The maximum Gasteiger partial charge on any atom is 0.335 e. The van der Waals surface area contributed by atoms with Gasteiger partial charge in [-0.25, -0.2) is 4.79 Å². The van der Waals surface area contributed by atoms with Crippen LogP contribution >= 0.6 is 0 Å². The van der Waals surface area contributed by atoms with Gasteiger partial charge in [0.2, 0.25) is 5.79 Å². The molecular formula is C15H28O3. The largest absolute Gasteiger partial charge is 0.430 e. The molecule has 0 aliphatic rings. The number of carbonyl (C=O) groups excluding carboxylic acids is 1. The molecule has 0 rings (SSSR count). The minimum atomic E-state index is -1.35. The summed E-state index contributed by atoms with van der Waals surface area (Å²) in [7, 11) is 0. The number of hydrogen-bond acceptors (Lipinski definition) is 3. The fourth-order valence-electron chi connectivity index (χ4n) is 2.08. The second-order valence-corrected chi connectivity index (χ2v) is 4.97. The molecular weight excluding hydrogens is 228 g/mol. The van der Waals surface area contributed by atoms with E-state index in [9.17, 15) is 9.90 Å². The highest BCUT2D eigenvalue weighted by Crippen LogP contribution is 2.31. The van der Waals surface area contributed by atoms with Crippen LogP contribution in [0.2, 0.25) is 0 Å². The molecule has 0 heterocycles. The summed E-state index contributed by atoms with van der Waals surface area (Å²) in [4.78, 5) is 11.6. The van der Waals surface area contributed by atoms with Crippen molar-refractivity contribution in [1.82, 2.24) is 0 Å². The Morgan fingerprint density at radius 3 is 2.33 bits per heavy atom. The predicted molar refractivity (Wildman–Crippen MR) is 74.1 cm³/mol. The summed E-state index contributed by atoms with van der Waals surface area (Å²) in [5, 5.41) is 10.5. The van der Waals surface area contributed by atoms with E-state index >= 15 is 0 Å². The first-order valence-electron chi connectivity index (χ1n) is 7.02. The number of rotatable bonds is 9. The molecule has 0 aliphatic heterocycles. The topological polar surface area (TPSA) is 46.5 Å². The van der Waals surface area contributed by atoms with Gasteiger partial charge in [-0.05, 0) is 19.8 Å². The van der Waals surface area contributed by atoms with Gasteiger partial charge in [0.05, 0.1) is 0 Å². The lowest BCUT2D eigenvalue weighted by Crippen LogP contribution is -2.42. The van der Waals surface area contributed by atoms with Crippen LogP contribution in [0.15, 0.2) is 12.2 Å². The maximum atomic E-state index is 11.6. The number of esters is 1. The molecule has 2 unspecified atom stereocenters. The number of carbonyl (C=O) groups is 1. The average Bonchev–Trinajstić information content (AvgIpc) is 2.34. The van der Waals surface area contributed by atoms with Gasteiger partial charge in [0.15, 0.2) is 0 Å². The molecule has 18 heavy (non-hydrogen) atoms. The Hall–Kier alpha value is -0.830. The van der Waals surface area contributed by atoms with E-state index in [1.165, 1.54) is 0 Å². The van der Waals surface area contributed by atoms with Gasteiger partial charge < -0.3 is 9.84 Å². The van der Waals surface area contributed by atoms with Crippen LogP contribution in [0.1, 0.15) is 66.2 Å². The Labute approximate surface area is 111 Å². The van der Waals surface area contributed by atoms with Gasteiger partial charge in [-0.2, -0.15) is 0 Å². The zero-order valence-corrected chi connectivity index (χ0v) is 12.3. The summed E-state index contributed by atoms with van der Waals surface area (Å²) in [6.07, 6.45) is 5.45. The van der Waals surface area contributed by atoms with Crippen molar-refractivity contribution in [2.45, 2.75) is 72.0 Å². The van der Waals surface area contributed by atoms with Crippen molar-refractivity contribution in [3.05, 3.63) is 12.2 Å². The molecule has 0 spiro atoms. The first-order valence-corrected chi connectivity index (χ1v) is 7.02. The third-order valence-electron chi connectivity index (χ3n) is 3.41. The molecule has 0 fully saturated rings. The molecule has 0 aromatic rings. The van der Waals surface area contributed by atoms with Crippen molar-refractivity contribution in [3.8, 4) is 0 Å². The lowest BCUT2D eigenvalue weighted by Gasteiger charge is -2.34. The van der Waals surface area contributed by atoms with Gasteiger partial charge in [-0.1, -0.05) is 46.6 Å². The van der Waals surface area contributed by atoms with Gasteiger partial charge in [-0.15, -0.1) is 0 Å². The van der Waals surface area contributed by atoms with Gasteiger partial charge in [0, 0.05) is 17.9 Å². The van der Waals surface area contributed by atoms with E-state index in [1.54, 1.807) is 6.92 Å². The fraction of sp³-hybridized carbons (Fsp3) is 0.800. The highest BCUT2D eigenvalue weighted by atomic mass is 16.7. The molecule has 0 saturated carbocycles. The second-order valence-electron chi connectivity index (χ2n) is 4.97. The van der Waals surface area contributed by atoms with Crippen LogP contribution in [0.3, 0.4) is 0 Å². The normalized spacial score (nSPS) is 15.8. The number of hydrogen-bond donors (Lipinski definition) is 1. The van der Waals surface area contributed by atoms with Gasteiger partial charge in [0.25, 0.3) is 0 Å². The zero-order valence-electron chi connectivity index (χ0n) is 12.3. The summed E-state index contributed by atoms with van der Waals surface area (Å²) < 4.78 is 5.25. The summed E-state index contributed by atoms with van der Waals surface area (Å²) in [5.74, 6) is -1.86. The summed E-state index contributed by atoms with van der Waals surface area (Å²) in [6.45, 7) is 11.2. The van der Waals surface area contributed by atoms with E-state index in [1.807, 2.05) is 13.8 Å². The van der Waals surface area contributed by atoms with Crippen molar-refractivity contribution >= 4 is 5.97 Å². The number of unbranched alkanes of at least 4 members (excludes halogenated alkanes) is 2. The van der Waals surface area contributed by atoms with Crippen LogP contribution in [0, 0.1) is 5.92 Å². The third kappa shape index (κ3) is 5.21. The molecule has 0 aromatic heterocycles. The zero-order chi connectivity index (χ0) is 14.2. The van der Waals surface area contributed by atoms with Crippen LogP contribution in [0.5, 0.6) is 0 Å². The van der Waals surface area contributed by atoms with Crippen LogP contribution in [0.4, 0.5) is 0 Å². The van der Waals surface area contributed by atoms with Crippen LogP contribution in [0.25, 0.3) is 0 Å². The van der Waals surface area contributed by atoms with Crippen molar-refractivity contribution in [2.75, 3.05) is 0 Å². The molecule has 3 nitrogen and oxygen atoms in total. The standard InChI is InChI=1S/C15H28O3/c1-6-9-10-11-13(7-2)15(17,8-3)18-14(16)12(4)5/h13,17H,4,6-11H2,1-3,5H3. The van der Waals surface area contributed by atoms with E-state index < -0.39 is 11.8 Å². The molecule has 3 heteroatoms. The van der Waals surface area contributed by atoms with Gasteiger partial charge in [0.1, 0.15) is 0 Å². The molecule has 0 saturated heterocycles. The predicted octanol–water partition coefficient (Wildman–Crippen LogP) is 3.81. The first-order chi connectivity index (χ1) is 8.41. The Balaban J connectivity index is 4.64. The van der Waals surface area contributed by atoms with E-state index in [0.29, 0.717) is 12.0 Å². The Morgan fingerprint density at radius 1 is 1.33 bits per heavy atom. The minimum Gasteiger partial charge on any atom is -0.430 e.